The van der Waals surface area contributed by atoms with Crippen molar-refractivity contribution in [1.82, 2.24) is 14.8 Å². The van der Waals surface area contributed by atoms with Crippen molar-refractivity contribution < 1.29 is 14.6 Å². The van der Waals surface area contributed by atoms with Crippen LogP contribution in [0.25, 0.3) is 16.7 Å². The third kappa shape index (κ3) is 3.07. The van der Waals surface area contributed by atoms with Crippen LogP contribution in [0.15, 0.2) is 30.3 Å². The zero-order valence-electron chi connectivity index (χ0n) is 14.8. The molecule has 0 saturated heterocycles. The first-order valence-electron chi connectivity index (χ1n) is 8.29. The molecule has 2 heterocycles. The van der Waals surface area contributed by atoms with Gasteiger partial charge in [-0.3, -0.25) is 0 Å². The third-order valence-electron chi connectivity index (χ3n) is 3.94. The Morgan fingerprint density at radius 3 is 2.72 bits per heavy atom. The molecule has 0 aliphatic heterocycles. The van der Waals surface area contributed by atoms with Gasteiger partial charge in [-0.15, -0.1) is 0 Å². The molecule has 0 fully saturated rings. The van der Waals surface area contributed by atoms with Gasteiger partial charge in [0.05, 0.1) is 28.9 Å². The zero-order valence-corrected chi connectivity index (χ0v) is 14.8. The fourth-order valence-electron chi connectivity index (χ4n) is 2.84. The Morgan fingerprint density at radius 2 is 2.08 bits per heavy atom. The zero-order chi connectivity index (χ0) is 18.1. The van der Waals surface area contributed by atoms with Crippen molar-refractivity contribution in [2.75, 3.05) is 6.61 Å². The van der Waals surface area contributed by atoms with Crippen molar-refractivity contribution in [2.24, 2.45) is 0 Å². The summed E-state index contributed by atoms with van der Waals surface area (Å²) in [7, 11) is 0. The van der Waals surface area contributed by atoms with Crippen LogP contribution in [0, 0.1) is 6.92 Å². The SMILES string of the molecule is CCOC(=O)c1cc(O)nc2c1c(C(C)C)nn2-c1cccc(C)c1. The number of fused-ring (bicyclic) bond motifs is 1. The minimum atomic E-state index is -0.490. The largest absolute Gasteiger partial charge is 0.493 e. The molecule has 0 spiro atoms. The van der Waals surface area contributed by atoms with E-state index in [-0.39, 0.29) is 24.0 Å². The molecule has 0 aliphatic carbocycles. The summed E-state index contributed by atoms with van der Waals surface area (Å²) in [5, 5.41) is 15.3. The van der Waals surface area contributed by atoms with Gasteiger partial charge in [-0.1, -0.05) is 26.0 Å². The number of aromatic hydroxyl groups is 1. The summed E-state index contributed by atoms with van der Waals surface area (Å²) in [4.78, 5) is 16.6. The number of pyridine rings is 1. The molecule has 1 aromatic carbocycles. The first-order valence-corrected chi connectivity index (χ1v) is 8.29. The van der Waals surface area contributed by atoms with Gasteiger partial charge in [-0.2, -0.15) is 10.1 Å². The van der Waals surface area contributed by atoms with Crippen molar-refractivity contribution in [2.45, 2.75) is 33.6 Å². The van der Waals surface area contributed by atoms with Crippen molar-refractivity contribution in [3.05, 3.63) is 47.2 Å². The van der Waals surface area contributed by atoms with E-state index < -0.39 is 5.97 Å². The Balaban J connectivity index is 2.36. The Kier molecular flexibility index (Phi) is 4.44. The predicted molar refractivity (Wildman–Crippen MR) is 95.3 cm³/mol. The summed E-state index contributed by atoms with van der Waals surface area (Å²) < 4.78 is 6.81. The summed E-state index contributed by atoms with van der Waals surface area (Å²) >= 11 is 0. The first kappa shape index (κ1) is 17.0. The molecule has 0 amide bonds. The Labute approximate surface area is 146 Å². The van der Waals surface area contributed by atoms with Gasteiger partial charge in [0.15, 0.2) is 5.65 Å². The van der Waals surface area contributed by atoms with Gasteiger partial charge in [-0.25, -0.2) is 9.48 Å². The van der Waals surface area contributed by atoms with E-state index in [9.17, 15) is 9.90 Å². The topological polar surface area (TPSA) is 77.2 Å². The van der Waals surface area contributed by atoms with E-state index in [1.165, 1.54) is 6.07 Å². The van der Waals surface area contributed by atoms with E-state index in [2.05, 4.69) is 10.1 Å². The average molecular weight is 339 g/mol. The molecule has 0 saturated carbocycles. The van der Waals surface area contributed by atoms with Gasteiger partial charge in [0.1, 0.15) is 0 Å². The van der Waals surface area contributed by atoms with E-state index in [1.807, 2.05) is 45.0 Å². The van der Waals surface area contributed by atoms with E-state index in [1.54, 1.807) is 11.6 Å². The van der Waals surface area contributed by atoms with Gasteiger partial charge in [0, 0.05) is 6.07 Å². The number of aryl methyl sites for hydroxylation is 1. The summed E-state index contributed by atoms with van der Waals surface area (Å²) in [6, 6.07) is 9.16. The summed E-state index contributed by atoms with van der Waals surface area (Å²) in [5.74, 6) is -0.649. The van der Waals surface area contributed by atoms with Crippen LogP contribution >= 0.6 is 0 Å². The normalized spacial score (nSPS) is 11.2. The molecule has 2 aromatic heterocycles. The maximum absolute atomic E-state index is 12.4. The fraction of sp³-hybridized carbons (Fsp3) is 0.316. The number of aromatic nitrogens is 3. The van der Waals surface area contributed by atoms with Crippen molar-refractivity contribution >= 4 is 17.0 Å². The Bertz CT molecular complexity index is 944. The first-order chi connectivity index (χ1) is 11.9. The van der Waals surface area contributed by atoms with E-state index in [4.69, 9.17) is 4.74 Å². The predicted octanol–water partition coefficient (Wildman–Crippen LogP) is 3.73. The quantitative estimate of drug-likeness (QED) is 0.733. The van der Waals surface area contributed by atoms with E-state index in [0.717, 1.165) is 16.9 Å². The smallest absolute Gasteiger partial charge is 0.339 e. The molecule has 3 aromatic rings. The molecule has 6 nitrogen and oxygen atoms in total. The van der Waals surface area contributed by atoms with Gasteiger partial charge in [0.2, 0.25) is 5.88 Å². The molecule has 130 valence electrons. The van der Waals surface area contributed by atoms with E-state index >= 15 is 0 Å². The number of carbonyl (C=O) groups is 1. The molecule has 0 bridgehead atoms. The Morgan fingerprint density at radius 1 is 1.32 bits per heavy atom. The number of benzene rings is 1. The minimum Gasteiger partial charge on any atom is -0.493 e. The molecular weight excluding hydrogens is 318 g/mol. The lowest BCUT2D eigenvalue weighted by atomic mass is 10.0. The fourth-order valence-corrected chi connectivity index (χ4v) is 2.84. The van der Waals surface area contributed by atoms with Crippen molar-refractivity contribution in [3.8, 4) is 11.6 Å². The molecule has 1 N–H and O–H groups in total. The third-order valence-corrected chi connectivity index (χ3v) is 3.94. The molecule has 0 unspecified atom stereocenters. The molecular formula is C19H21N3O3. The van der Waals surface area contributed by atoms with Crippen LogP contribution < -0.4 is 0 Å². The molecule has 6 heteroatoms. The summed E-state index contributed by atoms with van der Waals surface area (Å²) in [6.45, 7) is 8.00. The van der Waals surface area contributed by atoms with Crippen LogP contribution in [0.1, 0.15) is 48.3 Å². The van der Waals surface area contributed by atoms with Crippen LogP contribution in [-0.4, -0.2) is 32.4 Å². The second kappa shape index (κ2) is 6.55. The molecule has 25 heavy (non-hydrogen) atoms. The van der Waals surface area contributed by atoms with Gasteiger partial charge >= 0.3 is 5.97 Å². The molecule has 0 atom stereocenters. The number of rotatable bonds is 4. The maximum Gasteiger partial charge on any atom is 0.339 e. The number of hydrogen-bond acceptors (Lipinski definition) is 5. The van der Waals surface area contributed by atoms with Crippen molar-refractivity contribution in [3.63, 3.8) is 0 Å². The van der Waals surface area contributed by atoms with Gasteiger partial charge in [0.25, 0.3) is 0 Å². The number of ether oxygens (including phenoxy) is 1. The minimum absolute atomic E-state index is 0.0769. The molecule has 3 rings (SSSR count). The standard InChI is InChI=1S/C19H21N3O3/c1-5-25-19(24)14-10-15(23)20-18-16(14)17(11(2)3)21-22(18)13-8-6-7-12(4)9-13/h6-11H,5H2,1-4H3,(H,20,23). The maximum atomic E-state index is 12.4. The number of nitrogens with zero attached hydrogens (tertiary/aromatic N) is 3. The average Bonchev–Trinajstić information content (AvgIpc) is 2.93. The summed E-state index contributed by atoms with van der Waals surface area (Å²) in [5.41, 5.74) is 3.37. The Hall–Kier alpha value is -2.89. The highest BCUT2D eigenvalue weighted by Gasteiger charge is 2.24. The monoisotopic (exact) mass is 339 g/mol. The lowest BCUT2D eigenvalue weighted by Crippen LogP contribution is -2.07. The highest BCUT2D eigenvalue weighted by Crippen LogP contribution is 2.31. The van der Waals surface area contributed by atoms with Crippen LogP contribution in [0.3, 0.4) is 0 Å². The number of carbonyl (C=O) groups excluding carboxylic acids is 1. The van der Waals surface area contributed by atoms with Crippen LogP contribution in [0.5, 0.6) is 5.88 Å². The number of hydrogen-bond donors (Lipinski definition) is 1. The van der Waals surface area contributed by atoms with Crippen LogP contribution in [0.4, 0.5) is 0 Å². The van der Waals surface area contributed by atoms with Gasteiger partial charge < -0.3 is 9.84 Å². The van der Waals surface area contributed by atoms with E-state index in [0.29, 0.717) is 11.0 Å². The molecule has 0 radical (unpaired) electrons. The molecule has 0 aliphatic rings. The van der Waals surface area contributed by atoms with Gasteiger partial charge in [-0.05, 0) is 37.5 Å². The summed E-state index contributed by atoms with van der Waals surface area (Å²) in [6.07, 6.45) is 0. The lowest BCUT2D eigenvalue weighted by molar-refractivity contribution is 0.0528. The van der Waals surface area contributed by atoms with Crippen LogP contribution in [-0.2, 0) is 4.74 Å². The highest BCUT2D eigenvalue weighted by molar-refractivity contribution is 6.04. The lowest BCUT2D eigenvalue weighted by Gasteiger charge is -2.07. The second-order valence-electron chi connectivity index (χ2n) is 6.24. The van der Waals surface area contributed by atoms with Crippen molar-refractivity contribution in [1.29, 1.82) is 0 Å². The number of esters is 1. The highest BCUT2D eigenvalue weighted by atomic mass is 16.5. The van der Waals surface area contributed by atoms with Crippen LogP contribution in [0.2, 0.25) is 0 Å². The second-order valence-corrected chi connectivity index (χ2v) is 6.24.